The first-order valence-electron chi connectivity index (χ1n) is 19.8. The molecule has 0 bridgehead atoms. The van der Waals surface area contributed by atoms with Crippen molar-refractivity contribution in [2.45, 2.75) is 83.1 Å². The van der Waals surface area contributed by atoms with Crippen molar-refractivity contribution in [1.82, 2.24) is 20.0 Å². The van der Waals surface area contributed by atoms with Gasteiger partial charge >= 0.3 is 0 Å². The molecule has 13 heteroatoms. The van der Waals surface area contributed by atoms with E-state index in [1.54, 1.807) is 12.1 Å². The minimum Gasteiger partial charge on any atom is -0.371 e. The molecule has 3 aromatic rings. The molecular formula is C43H44ClN7O5. The zero-order valence-electron chi connectivity index (χ0n) is 31.4. The largest absolute Gasteiger partial charge is 0.371 e. The number of nitriles is 1. The lowest BCUT2D eigenvalue weighted by Crippen LogP contribution is -2.54. The molecule has 4 saturated heterocycles. The normalized spacial score (nSPS) is 23.8. The van der Waals surface area contributed by atoms with Gasteiger partial charge in [0.25, 0.3) is 17.7 Å². The van der Waals surface area contributed by atoms with E-state index in [0.29, 0.717) is 59.5 Å². The molecule has 1 unspecified atom stereocenters. The van der Waals surface area contributed by atoms with Crippen molar-refractivity contribution in [3.05, 3.63) is 93.0 Å². The van der Waals surface area contributed by atoms with Crippen LogP contribution in [0.3, 0.4) is 0 Å². The summed E-state index contributed by atoms with van der Waals surface area (Å²) in [5, 5.41) is 12.0. The predicted molar refractivity (Wildman–Crippen MR) is 209 cm³/mol. The van der Waals surface area contributed by atoms with Crippen LogP contribution in [0.2, 0.25) is 5.02 Å². The first kappa shape index (κ1) is 36.4. The van der Waals surface area contributed by atoms with Crippen LogP contribution in [0.4, 0.5) is 11.4 Å². The van der Waals surface area contributed by atoms with E-state index in [1.807, 2.05) is 35.2 Å². The summed E-state index contributed by atoms with van der Waals surface area (Å²) in [5.74, 6) is -1.92. The van der Waals surface area contributed by atoms with E-state index >= 15 is 0 Å². The third-order valence-corrected chi connectivity index (χ3v) is 13.9. The molecule has 1 spiro atoms. The highest BCUT2D eigenvalue weighted by Crippen LogP contribution is 2.48. The number of amides is 5. The molecule has 2 atom stereocenters. The summed E-state index contributed by atoms with van der Waals surface area (Å²) in [7, 11) is 0. The summed E-state index contributed by atoms with van der Waals surface area (Å²) in [6.45, 7) is 7.85. The Morgan fingerprint density at radius 2 is 1.45 bits per heavy atom. The fourth-order valence-corrected chi connectivity index (χ4v) is 10.4. The highest BCUT2D eigenvalue weighted by molar-refractivity contribution is 6.32. The number of imide groups is 2. The Labute approximate surface area is 330 Å². The first-order chi connectivity index (χ1) is 27.0. The Hall–Kier alpha value is -5.25. The SMILES string of the molecule is C[C@@H]1N(c2ccc(C#N)c(Cl)c2)CCC12CCN(c1ccc(C(=O)N3CCC(N4Cc5cc6c(cc5C4)C(=O)N(C4CCC(=O)NC4=O)C6=O)CC3)cc1)CC2. The Bertz CT molecular complexity index is 2160. The maximum atomic E-state index is 13.6. The van der Waals surface area contributed by atoms with E-state index in [0.717, 1.165) is 79.1 Å². The standard InChI is InChI=1S/C43H44ClN7O5/c1-26-43(14-19-50(26)33-7-4-28(23-45)36(44)22-33)12-17-47(18-13-43)31-5-2-27(3-6-31)40(54)48-15-10-32(11-16-48)49-24-29-20-34-35(21-30(29)25-49)42(56)51(41(34)55)37-8-9-38(52)46-39(37)53/h2-7,20-22,26,32,37H,8-19,24-25H2,1H3,(H,46,52,53)/t26-,37?/m0/s1. The van der Waals surface area contributed by atoms with Gasteiger partial charge in [0.15, 0.2) is 0 Å². The molecule has 3 aromatic carbocycles. The summed E-state index contributed by atoms with van der Waals surface area (Å²) < 4.78 is 0. The zero-order chi connectivity index (χ0) is 38.9. The number of fused-ring (bicyclic) bond motifs is 2. The van der Waals surface area contributed by atoms with Crippen LogP contribution < -0.4 is 15.1 Å². The number of carbonyl (C=O) groups excluding carboxylic acids is 5. The third-order valence-electron chi connectivity index (χ3n) is 13.6. The monoisotopic (exact) mass is 773 g/mol. The van der Waals surface area contributed by atoms with Gasteiger partial charge in [-0.15, -0.1) is 0 Å². The van der Waals surface area contributed by atoms with Crippen LogP contribution >= 0.6 is 11.6 Å². The number of nitrogens with one attached hydrogen (secondary N) is 1. The third kappa shape index (κ3) is 6.12. The van der Waals surface area contributed by atoms with Gasteiger partial charge < -0.3 is 14.7 Å². The summed E-state index contributed by atoms with van der Waals surface area (Å²) >= 11 is 6.37. The van der Waals surface area contributed by atoms with Crippen LogP contribution in [0.25, 0.3) is 0 Å². The van der Waals surface area contributed by atoms with Crippen LogP contribution in [0.1, 0.15) is 99.6 Å². The molecule has 5 amide bonds. The van der Waals surface area contributed by atoms with Gasteiger partial charge in [0.2, 0.25) is 11.8 Å². The van der Waals surface area contributed by atoms with Gasteiger partial charge in [0.05, 0.1) is 21.7 Å². The van der Waals surface area contributed by atoms with Gasteiger partial charge in [-0.1, -0.05) is 11.6 Å². The van der Waals surface area contributed by atoms with Gasteiger partial charge in [-0.2, -0.15) is 5.26 Å². The van der Waals surface area contributed by atoms with E-state index in [9.17, 15) is 29.2 Å². The summed E-state index contributed by atoms with van der Waals surface area (Å²) in [4.78, 5) is 74.6. The average molecular weight is 774 g/mol. The smallest absolute Gasteiger partial charge is 0.262 e. The summed E-state index contributed by atoms with van der Waals surface area (Å²) in [6, 6.07) is 19.3. The molecule has 6 heterocycles. The number of likely N-dealkylation sites (tertiary alicyclic amines) is 1. The van der Waals surface area contributed by atoms with Crippen LogP contribution in [0.5, 0.6) is 0 Å². The molecule has 6 aliphatic rings. The minimum absolute atomic E-state index is 0.0501. The van der Waals surface area contributed by atoms with Crippen LogP contribution in [-0.2, 0) is 22.7 Å². The molecule has 0 saturated carbocycles. The lowest BCUT2D eigenvalue weighted by atomic mass is 9.73. The molecule has 0 radical (unpaired) electrons. The van der Waals surface area contributed by atoms with Gasteiger partial charge in [-0.3, -0.25) is 39.1 Å². The van der Waals surface area contributed by atoms with Gasteiger partial charge in [-0.05, 0) is 117 Å². The van der Waals surface area contributed by atoms with E-state index in [4.69, 9.17) is 11.6 Å². The Balaban J connectivity index is 0.768. The molecule has 56 heavy (non-hydrogen) atoms. The fraction of sp³-hybridized carbons (Fsp3) is 0.442. The highest BCUT2D eigenvalue weighted by Gasteiger charge is 2.47. The molecule has 288 valence electrons. The number of nitrogens with zero attached hydrogens (tertiary/aromatic N) is 6. The topological polar surface area (TPSA) is 137 Å². The van der Waals surface area contributed by atoms with Crippen molar-refractivity contribution in [1.29, 1.82) is 5.26 Å². The lowest BCUT2D eigenvalue weighted by Gasteiger charge is -2.44. The molecule has 9 rings (SSSR count). The number of hydrogen-bond donors (Lipinski definition) is 1. The molecule has 4 fully saturated rings. The fourth-order valence-electron chi connectivity index (χ4n) is 10.2. The number of hydrogen-bond acceptors (Lipinski definition) is 9. The highest BCUT2D eigenvalue weighted by atomic mass is 35.5. The maximum Gasteiger partial charge on any atom is 0.262 e. The van der Waals surface area contributed by atoms with E-state index in [2.05, 4.69) is 45.1 Å². The molecule has 0 aliphatic carbocycles. The quantitative estimate of drug-likeness (QED) is 0.351. The predicted octanol–water partition coefficient (Wildman–Crippen LogP) is 5.12. The van der Waals surface area contributed by atoms with E-state index < -0.39 is 29.7 Å². The summed E-state index contributed by atoms with van der Waals surface area (Å²) in [5.41, 5.74) is 6.30. The maximum absolute atomic E-state index is 13.6. The van der Waals surface area contributed by atoms with Gasteiger partial charge in [0, 0.05) is 81.3 Å². The van der Waals surface area contributed by atoms with Crippen molar-refractivity contribution < 1.29 is 24.0 Å². The van der Waals surface area contributed by atoms with Gasteiger partial charge in [-0.25, -0.2) is 0 Å². The van der Waals surface area contributed by atoms with Crippen molar-refractivity contribution >= 4 is 52.5 Å². The minimum atomic E-state index is -0.975. The van der Waals surface area contributed by atoms with Crippen molar-refractivity contribution in [3.8, 4) is 6.07 Å². The van der Waals surface area contributed by atoms with Crippen LogP contribution in [0, 0.1) is 16.7 Å². The molecule has 0 aromatic heterocycles. The number of carbonyl (C=O) groups is 5. The second-order valence-corrected chi connectivity index (χ2v) is 16.7. The zero-order valence-corrected chi connectivity index (χ0v) is 32.2. The van der Waals surface area contributed by atoms with Crippen LogP contribution in [0.15, 0.2) is 54.6 Å². The van der Waals surface area contributed by atoms with E-state index in [1.165, 1.54) is 0 Å². The van der Waals surface area contributed by atoms with Crippen molar-refractivity contribution in [3.63, 3.8) is 0 Å². The number of benzene rings is 3. The Morgan fingerprint density at radius 3 is 2.05 bits per heavy atom. The number of anilines is 2. The first-order valence-corrected chi connectivity index (χ1v) is 20.1. The Kier molecular flexibility index (Phi) is 9.13. The summed E-state index contributed by atoms with van der Waals surface area (Å²) in [6.07, 6.45) is 5.21. The van der Waals surface area contributed by atoms with Gasteiger partial charge in [0.1, 0.15) is 12.1 Å². The molecular weight excluding hydrogens is 730 g/mol. The number of piperidine rings is 3. The van der Waals surface area contributed by atoms with Crippen molar-refractivity contribution in [2.24, 2.45) is 5.41 Å². The lowest BCUT2D eigenvalue weighted by molar-refractivity contribution is -0.136. The number of rotatable bonds is 5. The Morgan fingerprint density at radius 1 is 0.821 bits per heavy atom. The molecule has 1 N–H and O–H groups in total. The van der Waals surface area contributed by atoms with Crippen LogP contribution in [-0.4, -0.2) is 95.1 Å². The second-order valence-electron chi connectivity index (χ2n) is 16.3. The second kappa shape index (κ2) is 14.0. The average Bonchev–Trinajstić information content (AvgIpc) is 3.85. The van der Waals surface area contributed by atoms with Crippen molar-refractivity contribution in [2.75, 3.05) is 42.5 Å². The number of halogens is 1. The molecule has 6 aliphatic heterocycles. The molecule has 12 nitrogen and oxygen atoms in total. The van der Waals surface area contributed by atoms with E-state index in [-0.39, 0.29) is 30.2 Å².